The van der Waals surface area contributed by atoms with Crippen molar-refractivity contribution in [3.05, 3.63) is 122 Å². The number of hydrogen-bond donors (Lipinski definition) is 1. The zero-order valence-corrected chi connectivity index (χ0v) is 22.8. The van der Waals surface area contributed by atoms with E-state index in [-0.39, 0.29) is 22.1 Å². The fourth-order valence-electron chi connectivity index (χ4n) is 3.34. The normalized spacial score (nSPS) is 10.8. The van der Waals surface area contributed by atoms with Gasteiger partial charge in [-0.05, 0) is 83.9 Å². The Morgan fingerprint density at radius 2 is 1.56 bits per heavy atom. The lowest BCUT2D eigenvalue weighted by Crippen LogP contribution is -2.17. The summed E-state index contributed by atoms with van der Waals surface area (Å²) in [4.78, 5) is 25.0. The number of nitrogens with one attached hydrogen (secondary N) is 1. The van der Waals surface area contributed by atoms with E-state index in [9.17, 15) is 9.59 Å². The van der Waals surface area contributed by atoms with Crippen LogP contribution in [0.15, 0.2) is 90.0 Å². The third-order valence-corrected chi connectivity index (χ3v) is 6.16. The molecule has 0 spiro atoms. The third kappa shape index (κ3) is 7.74. The molecule has 198 valence electrons. The molecular weight excluding hydrogens is 563 g/mol. The van der Waals surface area contributed by atoms with Crippen LogP contribution in [0.1, 0.15) is 31.8 Å². The van der Waals surface area contributed by atoms with Crippen LogP contribution in [0, 0.1) is 0 Å². The minimum Gasteiger partial charge on any atom is -0.493 e. The summed E-state index contributed by atoms with van der Waals surface area (Å²) in [6, 6.07) is 23.3. The van der Waals surface area contributed by atoms with E-state index < -0.39 is 11.9 Å². The summed E-state index contributed by atoms with van der Waals surface area (Å²) >= 11 is 17.9. The Hall–Kier alpha value is -4.04. The Balaban J connectivity index is 1.33. The molecule has 1 amide bonds. The van der Waals surface area contributed by atoms with Gasteiger partial charge >= 0.3 is 5.97 Å². The highest BCUT2D eigenvalue weighted by Gasteiger charge is 2.16. The molecule has 0 bridgehead atoms. The van der Waals surface area contributed by atoms with Gasteiger partial charge in [0.2, 0.25) is 0 Å². The molecule has 0 saturated carbocycles. The number of amides is 1. The number of carbonyl (C=O) groups is 2. The van der Waals surface area contributed by atoms with Crippen LogP contribution in [0.25, 0.3) is 0 Å². The van der Waals surface area contributed by atoms with Gasteiger partial charge in [0.25, 0.3) is 5.91 Å². The van der Waals surface area contributed by atoms with Gasteiger partial charge in [-0.3, -0.25) is 4.79 Å². The average molecular weight is 584 g/mol. The molecule has 7 nitrogen and oxygen atoms in total. The molecule has 0 aliphatic carbocycles. The predicted octanol–water partition coefficient (Wildman–Crippen LogP) is 7.22. The molecule has 4 aromatic carbocycles. The number of hydrazone groups is 1. The van der Waals surface area contributed by atoms with Crippen LogP contribution in [0.2, 0.25) is 15.1 Å². The van der Waals surface area contributed by atoms with E-state index in [1.165, 1.54) is 25.5 Å². The standard InChI is InChI=1S/C29H21Cl3N2O5/c1-37-27-14-19(4-13-26(27)39-29(36)24-12-9-22(31)15-25(24)32)16-33-34-28(35)20-5-10-23(11-6-20)38-17-18-2-7-21(30)8-3-18/h2-16H,17H2,1H3,(H,34,35). The topological polar surface area (TPSA) is 86.2 Å². The minimum absolute atomic E-state index is 0.164. The summed E-state index contributed by atoms with van der Waals surface area (Å²) in [5, 5.41) is 5.23. The highest BCUT2D eigenvalue weighted by atomic mass is 35.5. The van der Waals surface area contributed by atoms with Gasteiger partial charge in [-0.2, -0.15) is 5.10 Å². The van der Waals surface area contributed by atoms with Gasteiger partial charge in [-0.25, -0.2) is 10.2 Å². The van der Waals surface area contributed by atoms with Crippen molar-refractivity contribution in [3.63, 3.8) is 0 Å². The maximum Gasteiger partial charge on any atom is 0.345 e. The van der Waals surface area contributed by atoms with Crippen LogP contribution in [-0.4, -0.2) is 25.2 Å². The van der Waals surface area contributed by atoms with Gasteiger partial charge in [0.05, 0.1) is 23.9 Å². The van der Waals surface area contributed by atoms with Gasteiger partial charge in [-0.1, -0.05) is 46.9 Å². The fraction of sp³-hybridized carbons (Fsp3) is 0.0690. The Morgan fingerprint density at radius 3 is 2.26 bits per heavy atom. The van der Waals surface area contributed by atoms with Crippen molar-refractivity contribution in [2.24, 2.45) is 5.10 Å². The highest BCUT2D eigenvalue weighted by molar-refractivity contribution is 6.36. The van der Waals surface area contributed by atoms with Crippen molar-refractivity contribution < 1.29 is 23.8 Å². The van der Waals surface area contributed by atoms with Crippen molar-refractivity contribution in [1.29, 1.82) is 0 Å². The first-order chi connectivity index (χ1) is 18.8. The molecule has 10 heteroatoms. The predicted molar refractivity (Wildman–Crippen MR) is 152 cm³/mol. The Morgan fingerprint density at radius 1 is 0.846 bits per heavy atom. The first-order valence-electron chi connectivity index (χ1n) is 11.5. The largest absolute Gasteiger partial charge is 0.493 e. The van der Waals surface area contributed by atoms with Crippen molar-refractivity contribution in [1.82, 2.24) is 5.43 Å². The minimum atomic E-state index is -0.662. The molecule has 0 atom stereocenters. The average Bonchev–Trinajstić information content (AvgIpc) is 2.93. The number of rotatable bonds is 9. The van der Waals surface area contributed by atoms with Crippen LogP contribution in [0.3, 0.4) is 0 Å². The van der Waals surface area contributed by atoms with E-state index in [1.807, 2.05) is 12.1 Å². The zero-order chi connectivity index (χ0) is 27.8. The molecule has 1 N–H and O–H groups in total. The van der Waals surface area contributed by atoms with Gasteiger partial charge in [0.1, 0.15) is 12.4 Å². The van der Waals surface area contributed by atoms with Crippen LogP contribution < -0.4 is 19.6 Å². The molecule has 0 aliphatic rings. The summed E-state index contributed by atoms with van der Waals surface area (Å²) in [5.41, 5.74) is 4.62. The summed E-state index contributed by atoms with van der Waals surface area (Å²) in [6.07, 6.45) is 1.44. The molecule has 0 unspecified atom stereocenters. The van der Waals surface area contributed by atoms with Crippen molar-refractivity contribution in [3.8, 4) is 17.2 Å². The smallest absolute Gasteiger partial charge is 0.345 e. The lowest BCUT2D eigenvalue weighted by atomic mass is 10.2. The second kappa shape index (κ2) is 13.2. The summed E-state index contributed by atoms with van der Waals surface area (Å²) in [7, 11) is 1.44. The van der Waals surface area contributed by atoms with Crippen LogP contribution in [-0.2, 0) is 6.61 Å². The Bertz CT molecular complexity index is 1510. The van der Waals surface area contributed by atoms with Gasteiger partial charge in [-0.15, -0.1) is 0 Å². The Labute approximate surface area is 239 Å². The molecule has 0 saturated heterocycles. The van der Waals surface area contributed by atoms with E-state index >= 15 is 0 Å². The van der Waals surface area contributed by atoms with Crippen molar-refractivity contribution in [2.75, 3.05) is 7.11 Å². The summed E-state index contributed by atoms with van der Waals surface area (Å²) < 4.78 is 16.5. The molecule has 0 fully saturated rings. The molecular formula is C29H21Cl3N2O5. The Kier molecular flexibility index (Phi) is 9.44. The van der Waals surface area contributed by atoms with Crippen LogP contribution in [0.5, 0.6) is 17.2 Å². The first-order valence-corrected chi connectivity index (χ1v) is 12.6. The van der Waals surface area contributed by atoms with Crippen LogP contribution in [0.4, 0.5) is 0 Å². The highest BCUT2D eigenvalue weighted by Crippen LogP contribution is 2.30. The number of nitrogens with zero attached hydrogens (tertiary/aromatic N) is 1. The third-order valence-electron chi connectivity index (χ3n) is 5.36. The van der Waals surface area contributed by atoms with Crippen LogP contribution >= 0.6 is 34.8 Å². The van der Waals surface area contributed by atoms with Gasteiger partial charge < -0.3 is 14.2 Å². The number of esters is 1. The number of benzene rings is 4. The fourth-order valence-corrected chi connectivity index (χ4v) is 3.95. The van der Waals surface area contributed by atoms with Gasteiger partial charge in [0, 0.05) is 15.6 Å². The molecule has 0 aromatic heterocycles. The van der Waals surface area contributed by atoms with Crippen molar-refractivity contribution >= 4 is 52.9 Å². The van der Waals surface area contributed by atoms with E-state index in [0.717, 1.165) is 5.56 Å². The lowest BCUT2D eigenvalue weighted by molar-refractivity contribution is 0.0729. The second-order valence-electron chi connectivity index (χ2n) is 8.06. The SMILES string of the molecule is COc1cc(C=NNC(=O)c2ccc(OCc3ccc(Cl)cc3)cc2)ccc1OC(=O)c1ccc(Cl)cc1Cl. The van der Waals surface area contributed by atoms with Gasteiger partial charge in [0.15, 0.2) is 11.5 Å². The maximum absolute atomic E-state index is 12.5. The van der Waals surface area contributed by atoms with E-state index in [4.69, 9.17) is 49.0 Å². The second-order valence-corrected chi connectivity index (χ2v) is 9.34. The monoisotopic (exact) mass is 582 g/mol. The number of carbonyl (C=O) groups excluding carboxylic acids is 2. The maximum atomic E-state index is 12.5. The van der Waals surface area contributed by atoms with Crippen molar-refractivity contribution in [2.45, 2.75) is 6.61 Å². The van der Waals surface area contributed by atoms with E-state index in [0.29, 0.717) is 33.5 Å². The molecule has 0 aliphatic heterocycles. The summed E-state index contributed by atoms with van der Waals surface area (Å²) in [5.74, 6) is 0.0418. The quantitative estimate of drug-likeness (QED) is 0.0973. The first kappa shape index (κ1) is 28.0. The van der Waals surface area contributed by atoms with E-state index in [1.54, 1.807) is 60.7 Å². The molecule has 4 aromatic rings. The lowest BCUT2D eigenvalue weighted by Gasteiger charge is -2.10. The number of hydrogen-bond acceptors (Lipinski definition) is 6. The van der Waals surface area contributed by atoms with E-state index in [2.05, 4.69) is 10.5 Å². The summed E-state index contributed by atoms with van der Waals surface area (Å²) in [6.45, 7) is 0.378. The number of methoxy groups -OCH3 is 1. The molecule has 0 heterocycles. The molecule has 0 radical (unpaired) electrons. The molecule has 39 heavy (non-hydrogen) atoms. The molecule has 4 rings (SSSR count). The number of halogens is 3. The zero-order valence-electron chi connectivity index (χ0n) is 20.5. The number of ether oxygens (including phenoxy) is 3.